The Morgan fingerprint density at radius 2 is 1.90 bits per heavy atom. The van der Waals surface area contributed by atoms with Crippen molar-refractivity contribution in [2.75, 3.05) is 18.0 Å². The van der Waals surface area contributed by atoms with Crippen LogP contribution in [0.2, 0.25) is 0 Å². The standard InChI is InChI=1S/C15H21FN2O3/c1-11(19)18(13-8-6-5-7-12(13)16)10-9-17-14(20)21-15(2,3)4/h5-8H,9-10H2,1-4H3,(H,17,20). The van der Waals surface area contributed by atoms with E-state index in [4.69, 9.17) is 4.74 Å². The number of para-hydroxylation sites is 1. The summed E-state index contributed by atoms with van der Waals surface area (Å²) in [5.74, 6) is -0.781. The van der Waals surface area contributed by atoms with Crippen LogP contribution in [0.3, 0.4) is 0 Å². The predicted molar refractivity (Wildman–Crippen MR) is 78.7 cm³/mol. The number of carbonyl (C=O) groups excluding carboxylic acids is 2. The second-order valence-electron chi connectivity index (χ2n) is 5.55. The van der Waals surface area contributed by atoms with Gasteiger partial charge in [0.25, 0.3) is 0 Å². The van der Waals surface area contributed by atoms with Gasteiger partial charge in [0.2, 0.25) is 5.91 Å². The number of alkyl carbamates (subject to hydrolysis) is 1. The van der Waals surface area contributed by atoms with Crippen molar-refractivity contribution < 1.29 is 18.7 Å². The number of hydrogen-bond acceptors (Lipinski definition) is 3. The third kappa shape index (κ3) is 5.81. The molecule has 0 saturated heterocycles. The first kappa shape index (κ1) is 16.9. The second-order valence-corrected chi connectivity index (χ2v) is 5.55. The van der Waals surface area contributed by atoms with E-state index in [1.165, 1.54) is 24.0 Å². The maximum absolute atomic E-state index is 13.7. The van der Waals surface area contributed by atoms with Gasteiger partial charge in [-0.05, 0) is 32.9 Å². The molecule has 6 heteroatoms. The molecule has 0 atom stereocenters. The second kappa shape index (κ2) is 7.06. The van der Waals surface area contributed by atoms with Gasteiger partial charge in [0.1, 0.15) is 11.4 Å². The fourth-order valence-corrected chi connectivity index (χ4v) is 1.70. The molecule has 0 aromatic heterocycles. The lowest BCUT2D eigenvalue weighted by Gasteiger charge is -2.23. The number of benzene rings is 1. The number of rotatable bonds is 4. The number of nitrogens with one attached hydrogen (secondary N) is 1. The molecule has 0 aliphatic heterocycles. The molecule has 1 N–H and O–H groups in total. The summed E-state index contributed by atoms with van der Waals surface area (Å²) in [6.45, 7) is 6.95. The first-order chi connectivity index (χ1) is 9.70. The van der Waals surface area contributed by atoms with Gasteiger partial charge in [-0.25, -0.2) is 9.18 Å². The minimum Gasteiger partial charge on any atom is -0.444 e. The third-order valence-electron chi connectivity index (χ3n) is 2.53. The molecule has 0 aliphatic rings. The topological polar surface area (TPSA) is 58.6 Å². The molecular formula is C15H21FN2O3. The highest BCUT2D eigenvalue weighted by Crippen LogP contribution is 2.18. The van der Waals surface area contributed by atoms with Crippen molar-refractivity contribution in [1.29, 1.82) is 0 Å². The number of amides is 2. The summed E-state index contributed by atoms with van der Waals surface area (Å²) in [4.78, 5) is 24.4. The lowest BCUT2D eigenvalue weighted by Crippen LogP contribution is -2.40. The number of anilines is 1. The van der Waals surface area contributed by atoms with Crippen LogP contribution in [0, 0.1) is 5.82 Å². The normalized spacial score (nSPS) is 10.9. The van der Waals surface area contributed by atoms with Crippen LogP contribution in [0.1, 0.15) is 27.7 Å². The van der Waals surface area contributed by atoms with E-state index < -0.39 is 17.5 Å². The van der Waals surface area contributed by atoms with E-state index in [0.29, 0.717) is 0 Å². The molecule has 5 nitrogen and oxygen atoms in total. The Morgan fingerprint density at radius 1 is 1.29 bits per heavy atom. The van der Waals surface area contributed by atoms with Crippen molar-refractivity contribution in [2.45, 2.75) is 33.3 Å². The summed E-state index contributed by atoms with van der Waals surface area (Å²) in [5.41, 5.74) is -0.397. The van der Waals surface area contributed by atoms with Crippen molar-refractivity contribution in [2.24, 2.45) is 0 Å². The van der Waals surface area contributed by atoms with Crippen LogP contribution in [0.5, 0.6) is 0 Å². The predicted octanol–water partition coefficient (Wildman–Crippen LogP) is 2.70. The van der Waals surface area contributed by atoms with Gasteiger partial charge in [-0.2, -0.15) is 0 Å². The van der Waals surface area contributed by atoms with Crippen molar-refractivity contribution in [3.8, 4) is 0 Å². The van der Waals surface area contributed by atoms with Crippen LogP contribution in [0.15, 0.2) is 24.3 Å². The summed E-state index contributed by atoms with van der Waals surface area (Å²) >= 11 is 0. The van der Waals surface area contributed by atoms with Gasteiger partial charge in [-0.3, -0.25) is 4.79 Å². The van der Waals surface area contributed by atoms with Crippen LogP contribution in [-0.2, 0) is 9.53 Å². The lowest BCUT2D eigenvalue weighted by molar-refractivity contribution is -0.116. The van der Waals surface area contributed by atoms with Crippen molar-refractivity contribution in [3.63, 3.8) is 0 Å². The van der Waals surface area contributed by atoms with Crippen LogP contribution in [0.25, 0.3) is 0 Å². The average Bonchev–Trinajstić information content (AvgIpc) is 2.33. The van der Waals surface area contributed by atoms with Gasteiger partial charge in [-0.1, -0.05) is 12.1 Å². The van der Waals surface area contributed by atoms with Crippen LogP contribution < -0.4 is 10.2 Å². The van der Waals surface area contributed by atoms with E-state index >= 15 is 0 Å². The maximum atomic E-state index is 13.7. The Bertz CT molecular complexity index is 512. The Balaban J connectivity index is 2.60. The fourth-order valence-electron chi connectivity index (χ4n) is 1.70. The zero-order valence-corrected chi connectivity index (χ0v) is 12.8. The highest BCUT2D eigenvalue weighted by Gasteiger charge is 2.18. The molecule has 0 saturated carbocycles. The van der Waals surface area contributed by atoms with E-state index in [2.05, 4.69) is 5.32 Å². The number of carbonyl (C=O) groups is 2. The molecule has 0 radical (unpaired) electrons. The van der Waals surface area contributed by atoms with Crippen molar-refractivity contribution in [1.82, 2.24) is 5.32 Å². The summed E-state index contributed by atoms with van der Waals surface area (Å²) in [5, 5.41) is 2.54. The quantitative estimate of drug-likeness (QED) is 0.929. The number of ether oxygens (including phenoxy) is 1. The molecular weight excluding hydrogens is 275 g/mol. The number of nitrogens with zero attached hydrogens (tertiary/aromatic N) is 1. The molecule has 1 aromatic rings. The third-order valence-corrected chi connectivity index (χ3v) is 2.53. The molecule has 21 heavy (non-hydrogen) atoms. The van der Waals surface area contributed by atoms with Crippen LogP contribution in [0.4, 0.5) is 14.9 Å². The Kier molecular flexibility index (Phi) is 5.69. The summed E-state index contributed by atoms with van der Waals surface area (Å²) in [7, 11) is 0. The Morgan fingerprint density at radius 3 is 2.43 bits per heavy atom. The highest BCUT2D eigenvalue weighted by atomic mass is 19.1. The highest BCUT2D eigenvalue weighted by molar-refractivity contribution is 5.91. The monoisotopic (exact) mass is 296 g/mol. The SMILES string of the molecule is CC(=O)N(CCNC(=O)OC(C)(C)C)c1ccccc1F. The van der Waals surface area contributed by atoms with Gasteiger partial charge < -0.3 is 15.0 Å². The smallest absolute Gasteiger partial charge is 0.407 e. The molecule has 0 spiro atoms. The van der Waals surface area contributed by atoms with Crippen LogP contribution in [-0.4, -0.2) is 30.7 Å². The van der Waals surface area contributed by atoms with E-state index in [1.807, 2.05) is 0 Å². The zero-order valence-electron chi connectivity index (χ0n) is 12.8. The molecule has 0 heterocycles. The Labute approximate surface area is 124 Å². The van der Waals surface area contributed by atoms with Gasteiger partial charge in [0, 0.05) is 20.0 Å². The average molecular weight is 296 g/mol. The first-order valence-corrected chi connectivity index (χ1v) is 6.70. The van der Waals surface area contributed by atoms with E-state index in [1.54, 1.807) is 32.9 Å². The maximum Gasteiger partial charge on any atom is 0.407 e. The van der Waals surface area contributed by atoms with Crippen molar-refractivity contribution >= 4 is 17.7 Å². The fraction of sp³-hybridized carbons (Fsp3) is 0.467. The minimum absolute atomic E-state index is 0.162. The summed E-state index contributed by atoms with van der Waals surface area (Å²) in [6, 6.07) is 6.00. The van der Waals surface area contributed by atoms with Gasteiger partial charge in [-0.15, -0.1) is 0 Å². The first-order valence-electron chi connectivity index (χ1n) is 6.70. The Hall–Kier alpha value is -2.11. The van der Waals surface area contributed by atoms with Crippen LogP contribution >= 0.6 is 0 Å². The van der Waals surface area contributed by atoms with E-state index in [0.717, 1.165) is 0 Å². The largest absolute Gasteiger partial charge is 0.444 e. The van der Waals surface area contributed by atoms with Gasteiger partial charge in [0.05, 0.1) is 5.69 Å². The molecule has 0 unspecified atom stereocenters. The summed E-state index contributed by atoms with van der Waals surface area (Å²) in [6.07, 6.45) is -0.570. The molecule has 116 valence electrons. The molecule has 2 amide bonds. The van der Waals surface area contributed by atoms with E-state index in [-0.39, 0.29) is 24.7 Å². The molecule has 0 bridgehead atoms. The van der Waals surface area contributed by atoms with E-state index in [9.17, 15) is 14.0 Å². The van der Waals surface area contributed by atoms with Gasteiger partial charge in [0.15, 0.2) is 0 Å². The molecule has 0 fully saturated rings. The molecule has 0 aliphatic carbocycles. The number of hydrogen-bond donors (Lipinski definition) is 1. The van der Waals surface area contributed by atoms with Gasteiger partial charge >= 0.3 is 6.09 Å². The number of halogens is 1. The van der Waals surface area contributed by atoms with Crippen molar-refractivity contribution in [3.05, 3.63) is 30.1 Å². The summed E-state index contributed by atoms with van der Waals surface area (Å²) < 4.78 is 18.8. The lowest BCUT2D eigenvalue weighted by atomic mass is 10.2. The molecule has 1 rings (SSSR count). The zero-order chi connectivity index (χ0) is 16.0. The minimum atomic E-state index is -0.587. The molecule has 1 aromatic carbocycles.